The summed E-state index contributed by atoms with van der Waals surface area (Å²) in [5.41, 5.74) is 4.46. The molecule has 5 heteroatoms. The number of fused-ring (bicyclic) bond motifs is 1. The summed E-state index contributed by atoms with van der Waals surface area (Å²) in [6.07, 6.45) is 5.03. The smallest absolute Gasteiger partial charge is 0.226 e. The zero-order chi connectivity index (χ0) is 20.1. The van der Waals surface area contributed by atoms with Gasteiger partial charge in [0, 0.05) is 55.0 Å². The number of aromatic nitrogens is 1. The molecule has 1 aromatic carbocycles. The lowest BCUT2D eigenvalue weighted by Gasteiger charge is -2.35. The molecule has 0 radical (unpaired) electrons. The van der Waals surface area contributed by atoms with Gasteiger partial charge < -0.3 is 9.80 Å². The van der Waals surface area contributed by atoms with Crippen molar-refractivity contribution in [3.05, 3.63) is 59.2 Å². The molecule has 2 aliphatic heterocycles. The van der Waals surface area contributed by atoms with Crippen LogP contribution >= 0.6 is 0 Å². The summed E-state index contributed by atoms with van der Waals surface area (Å²) >= 11 is 0. The van der Waals surface area contributed by atoms with Crippen LogP contribution in [0.2, 0.25) is 0 Å². The Morgan fingerprint density at radius 2 is 1.97 bits per heavy atom. The Morgan fingerprint density at radius 3 is 2.69 bits per heavy atom. The molecule has 1 saturated carbocycles. The fourth-order valence-corrected chi connectivity index (χ4v) is 5.45. The maximum atomic E-state index is 14.0. The van der Waals surface area contributed by atoms with Crippen LogP contribution in [0.15, 0.2) is 36.5 Å². The molecule has 29 heavy (non-hydrogen) atoms. The predicted octanol–water partition coefficient (Wildman–Crippen LogP) is 4.27. The van der Waals surface area contributed by atoms with Crippen LogP contribution in [0.4, 0.5) is 10.1 Å². The highest BCUT2D eigenvalue weighted by Gasteiger charge is 2.50. The van der Waals surface area contributed by atoms with Gasteiger partial charge in [0.05, 0.1) is 6.04 Å². The monoisotopic (exact) mass is 393 g/mol. The number of benzene rings is 1. The number of anilines is 1. The molecule has 0 unspecified atom stereocenters. The molecule has 2 aromatic rings. The minimum atomic E-state index is -0.225. The number of amides is 1. The van der Waals surface area contributed by atoms with E-state index in [1.54, 1.807) is 12.1 Å². The number of nitrogens with zero attached hydrogens (tertiary/aromatic N) is 3. The molecule has 0 bridgehead atoms. The molecule has 1 aromatic heterocycles. The normalized spacial score (nSPS) is 26.5. The molecular formula is C24H28FN3O. The summed E-state index contributed by atoms with van der Waals surface area (Å²) < 4.78 is 14.0. The van der Waals surface area contributed by atoms with Gasteiger partial charge in [-0.25, -0.2) is 4.39 Å². The quantitative estimate of drug-likeness (QED) is 0.781. The van der Waals surface area contributed by atoms with Crippen molar-refractivity contribution in [1.29, 1.82) is 0 Å². The number of rotatable bonds is 3. The van der Waals surface area contributed by atoms with E-state index in [1.807, 2.05) is 19.2 Å². The van der Waals surface area contributed by atoms with Crippen molar-refractivity contribution < 1.29 is 9.18 Å². The number of halogens is 1. The van der Waals surface area contributed by atoms with Crippen molar-refractivity contribution in [3.8, 4) is 0 Å². The van der Waals surface area contributed by atoms with Crippen molar-refractivity contribution in [2.45, 2.75) is 39.2 Å². The van der Waals surface area contributed by atoms with Crippen LogP contribution in [0.3, 0.4) is 0 Å². The first-order chi connectivity index (χ1) is 14.0. The number of hydrogen-bond donors (Lipinski definition) is 0. The minimum Gasteiger partial charge on any atom is -0.370 e. The number of aryl methyl sites for hydroxylation is 1. The molecule has 2 saturated heterocycles. The number of likely N-dealkylation sites (tertiary alicyclic amines) is 1. The van der Waals surface area contributed by atoms with E-state index in [-0.39, 0.29) is 23.7 Å². The van der Waals surface area contributed by atoms with Gasteiger partial charge in [0.2, 0.25) is 5.91 Å². The van der Waals surface area contributed by atoms with Crippen LogP contribution in [-0.4, -0.2) is 35.4 Å². The van der Waals surface area contributed by atoms with Crippen LogP contribution in [0.25, 0.3) is 0 Å². The Morgan fingerprint density at radius 1 is 1.14 bits per heavy atom. The fraction of sp³-hybridized carbons (Fsp3) is 0.500. The zero-order valence-corrected chi connectivity index (χ0v) is 17.1. The van der Waals surface area contributed by atoms with Crippen LogP contribution in [0, 0.1) is 37.4 Å². The van der Waals surface area contributed by atoms with E-state index in [9.17, 15) is 9.18 Å². The Hall–Kier alpha value is -2.43. The summed E-state index contributed by atoms with van der Waals surface area (Å²) in [7, 11) is 0. The highest BCUT2D eigenvalue weighted by Crippen LogP contribution is 2.48. The summed E-state index contributed by atoms with van der Waals surface area (Å²) in [4.78, 5) is 22.1. The van der Waals surface area contributed by atoms with Gasteiger partial charge in [-0.15, -0.1) is 0 Å². The number of carbonyl (C=O) groups excluding carboxylic acids is 1. The lowest BCUT2D eigenvalue weighted by molar-refractivity contribution is -0.139. The van der Waals surface area contributed by atoms with Gasteiger partial charge in [-0.1, -0.05) is 18.6 Å². The van der Waals surface area contributed by atoms with Gasteiger partial charge in [0.25, 0.3) is 0 Å². The largest absolute Gasteiger partial charge is 0.370 e. The van der Waals surface area contributed by atoms with E-state index in [0.717, 1.165) is 50.2 Å². The fourth-order valence-electron chi connectivity index (χ4n) is 5.45. The molecule has 3 atom stereocenters. The predicted molar refractivity (Wildman–Crippen MR) is 111 cm³/mol. The average molecular weight is 394 g/mol. The lowest BCUT2D eigenvalue weighted by Crippen LogP contribution is -2.41. The average Bonchev–Trinajstić information content (AvgIpc) is 3.20. The van der Waals surface area contributed by atoms with Crippen LogP contribution in [-0.2, 0) is 4.79 Å². The Kier molecular flexibility index (Phi) is 4.56. The first-order valence-electron chi connectivity index (χ1n) is 10.8. The molecule has 1 amide bonds. The number of carbonyl (C=O) groups is 1. The Labute approximate surface area is 171 Å². The first-order valence-corrected chi connectivity index (χ1v) is 10.8. The van der Waals surface area contributed by atoms with E-state index in [4.69, 9.17) is 0 Å². The van der Waals surface area contributed by atoms with E-state index in [2.05, 4.69) is 27.8 Å². The van der Waals surface area contributed by atoms with Crippen LogP contribution < -0.4 is 4.90 Å². The summed E-state index contributed by atoms with van der Waals surface area (Å²) in [5, 5.41) is 0. The Bertz CT molecular complexity index is 941. The maximum absolute atomic E-state index is 14.0. The highest BCUT2D eigenvalue weighted by atomic mass is 19.1. The summed E-state index contributed by atoms with van der Waals surface area (Å²) in [6, 6.07) is 8.93. The molecular weight excluding hydrogens is 365 g/mol. The molecule has 5 rings (SSSR count). The van der Waals surface area contributed by atoms with Crippen molar-refractivity contribution in [1.82, 2.24) is 9.88 Å². The van der Waals surface area contributed by atoms with Gasteiger partial charge in [-0.3, -0.25) is 9.78 Å². The second-order valence-electron chi connectivity index (χ2n) is 8.99. The SMILES string of the molecule is Cc1nccc(N2C[C@H]3CN(C(=O)C4CCC4)[C@H](c4cccc(F)c4)[C@H]3C2)c1C. The third-order valence-electron chi connectivity index (χ3n) is 7.36. The maximum Gasteiger partial charge on any atom is 0.226 e. The molecule has 3 aliphatic rings. The van der Waals surface area contributed by atoms with Gasteiger partial charge in [0.1, 0.15) is 5.82 Å². The zero-order valence-electron chi connectivity index (χ0n) is 17.1. The van der Waals surface area contributed by atoms with Crippen molar-refractivity contribution in [2.75, 3.05) is 24.5 Å². The second-order valence-corrected chi connectivity index (χ2v) is 8.99. The van der Waals surface area contributed by atoms with E-state index in [0.29, 0.717) is 11.8 Å². The minimum absolute atomic E-state index is 0.0305. The number of hydrogen-bond acceptors (Lipinski definition) is 3. The van der Waals surface area contributed by atoms with Gasteiger partial charge in [-0.05, 0) is 56.0 Å². The molecule has 0 spiro atoms. The molecule has 152 valence electrons. The van der Waals surface area contributed by atoms with Crippen LogP contribution in [0.1, 0.15) is 42.1 Å². The summed E-state index contributed by atoms with van der Waals surface area (Å²) in [5.74, 6) is 0.972. The van der Waals surface area contributed by atoms with Gasteiger partial charge >= 0.3 is 0 Å². The van der Waals surface area contributed by atoms with Crippen molar-refractivity contribution >= 4 is 11.6 Å². The number of pyridine rings is 1. The standard InChI is InChI=1S/C24H28FN3O/c1-15-16(2)26-10-9-22(15)27-12-19-13-28(24(29)17-5-3-6-17)23(21(19)14-27)18-7-4-8-20(25)11-18/h4,7-11,17,19,21,23H,3,5-6,12-14H2,1-2H3/t19-,21-,23+/m0/s1. The van der Waals surface area contributed by atoms with Crippen molar-refractivity contribution in [3.63, 3.8) is 0 Å². The topological polar surface area (TPSA) is 36.4 Å². The van der Waals surface area contributed by atoms with Gasteiger partial charge in [-0.2, -0.15) is 0 Å². The Balaban J connectivity index is 1.46. The second kappa shape index (κ2) is 7.12. The van der Waals surface area contributed by atoms with E-state index in [1.165, 1.54) is 17.3 Å². The molecule has 0 N–H and O–H groups in total. The molecule has 1 aliphatic carbocycles. The van der Waals surface area contributed by atoms with E-state index >= 15 is 0 Å². The third kappa shape index (κ3) is 3.11. The van der Waals surface area contributed by atoms with Crippen molar-refractivity contribution in [2.24, 2.45) is 17.8 Å². The summed E-state index contributed by atoms with van der Waals surface area (Å²) in [6.45, 7) is 6.78. The lowest BCUT2D eigenvalue weighted by atomic mass is 9.83. The third-order valence-corrected chi connectivity index (χ3v) is 7.36. The van der Waals surface area contributed by atoms with Gasteiger partial charge in [0.15, 0.2) is 0 Å². The highest BCUT2D eigenvalue weighted by molar-refractivity contribution is 5.80. The molecule has 3 fully saturated rings. The van der Waals surface area contributed by atoms with Crippen LogP contribution in [0.5, 0.6) is 0 Å². The molecule has 4 nitrogen and oxygen atoms in total. The first kappa shape index (κ1) is 18.6. The molecule has 3 heterocycles. The van der Waals surface area contributed by atoms with E-state index < -0.39 is 0 Å².